The van der Waals surface area contributed by atoms with E-state index in [4.69, 9.17) is 5.26 Å². The Labute approximate surface area is 175 Å². The molecule has 1 saturated heterocycles. The number of piperazine rings is 1. The van der Waals surface area contributed by atoms with Crippen LogP contribution in [0.3, 0.4) is 0 Å². The highest BCUT2D eigenvalue weighted by Gasteiger charge is 2.21. The number of nitriles is 1. The van der Waals surface area contributed by atoms with Gasteiger partial charge in [0.15, 0.2) is 5.96 Å². The molecule has 9 heteroatoms. The van der Waals surface area contributed by atoms with Gasteiger partial charge in [0.25, 0.3) is 0 Å². The van der Waals surface area contributed by atoms with Crippen LogP contribution in [0.1, 0.15) is 11.1 Å². The molecule has 0 aliphatic carbocycles. The Bertz CT molecular complexity index is 814. The lowest BCUT2D eigenvalue weighted by molar-refractivity contribution is 0.369. The van der Waals surface area contributed by atoms with Crippen LogP contribution >= 0.6 is 24.0 Å². The van der Waals surface area contributed by atoms with Crippen molar-refractivity contribution in [1.82, 2.24) is 20.2 Å². The Balaban J connectivity index is 0.00000261. The van der Waals surface area contributed by atoms with E-state index in [0.29, 0.717) is 17.7 Å². The molecule has 0 atom stereocenters. The largest absolute Gasteiger partial charge is 0.352 e. The number of nitrogens with one attached hydrogen (secondary N) is 1. The maximum Gasteiger partial charge on any atom is 0.225 e. The van der Waals surface area contributed by atoms with Crippen LogP contribution in [-0.2, 0) is 6.54 Å². The number of hydrogen-bond donors (Lipinski definition) is 1. The van der Waals surface area contributed by atoms with Crippen molar-refractivity contribution >= 4 is 35.9 Å². The van der Waals surface area contributed by atoms with Crippen molar-refractivity contribution in [3.05, 3.63) is 53.6 Å². The highest BCUT2D eigenvalue weighted by atomic mass is 127. The molecule has 2 heterocycles. The smallest absolute Gasteiger partial charge is 0.225 e. The lowest BCUT2D eigenvalue weighted by Crippen LogP contribution is -2.52. The zero-order valence-corrected chi connectivity index (χ0v) is 17.3. The molecule has 1 N–H and O–H groups in total. The molecule has 1 aromatic heterocycles. The fraction of sp³-hybridized carbons (Fsp3) is 0.333. The second-order valence-corrected chi connectivity index (χ2v) is 5.84. The first-order chi connectivity index (χ1) is 12.7. The van der Waals surface area contributed by atoms with Gasteiger partial charge in [0.05, 0.1) is 11.6 Å². The number of halogens is 2. The molecule has 0 unspecified atom stereocenters. The van der Waals surface area contributed by atoms with Crippen LogP contribution in [0, 0.1) is 17.1 Å². The molecule has 2 aromatic rings. The molecule has 1 aromatic carbocycles. The third kappa shape index (κ3) is 5.26. The van der Waals surface area contributed by atoms with Gasteiger partial charge in [-0.3, -0.25) is 4.99 Å². The summed E-state index contributed by atoms with van der Waals surface area (Å²) in [5, 5.41) is 12.0. The van der Waals surface area contributed by atoms with E-state index >= 15 is 0 Å². The number of benzene rings is 1. The normalized spacial score (nSPS) is 14.3. The van der Waals surface area contributed by atoms with Crippen molar-refractivity contribution in [3.63, 3.8) is 0 Å². The number of rotatable bonds is 3. The van der Waals surface area contributed by atoms with Gasteiger partial charge < -0.3 is 15.1 Å². The van der Waals surface area contributed by atoms with Crippen molar-refractivity contribution in [1.29, 1.82) is 5.26 Å². The Morgan fingerprint density at radius 1 is 1.26 bits per heavy atom. The lowest BCUT2D eigenvalue weighted by Gasteiger charge is -2.36. The van der Waals surface area contributed by atoms with Gasteiger partial charge in [-0.2, -0.15) is 5.26 Å². The summed E-state index contributed by atoms with van der Waals surface area (Å²) in [6, 6.07) is 8.22. The molecular weight excluding hydrogens is 460 g/mol. The highest BCUT2D eigenvalue weighted by Crippen LogP contribution is 2.12. The molecule has 0 radical (unpaired) electrons. The molecule has 0 spiro atoms. The van der Waals surface area contributed by atoms with Gasteiger partial charge in [-0.25, -0.2) is 14.4 Å². The zero-order valence-electron chi connectivity index (χ0n) is 15.0. The second kappa shape index (κ2) is 10.0. The van der Waals surface area contributed by atoms with Gasteiger partial charge in [-0.05, 0) is 18.2 Å². The van der Waals surface area contributed by atoms with E-state index in [1.165, 1.54) is 6.07 Å². The van der Waals surface area contributed by atoms with Gasteiger partial charge >= 0.3 is 0 Å². The second-order valence-electron chi connectivity index (χ2n) is 5.84. The zero-order chi connectivity index (χ0) is 18.4. The molecular formula is C18H21FIN7. The molecule has 27 heavy (non-hydrogen) atoms. The molecule has 1 fully saturated rings. The fourth-order valence-electron chi connectivity index (χ4n) is 2.84. The first-order valence-corrected chi connectivity index (χ1v) is 8.37. The molecule has 3 rings (SSSR count). The highest BCUT2D eigenvalue weighted by molar-refractivity contribution is 14.0. The minimum atomic E-state index is -0.391. The van der Waals surface area contributed by atoms with Crippen molar-refractivity contribution < 1.29 is 4.39 Å². The first-order valence-electron chi connectivity index (χ1n) is 8.37. The predicted octanol–water partition coefficient (Wildman–Crippen LogP) is 2.00. The van der Waals surface area contributed by atoms with Crippen LogP contribution in [0.2, 0.25) is 0 Å². The molecule has 1 aliphatic heterocycles. The minimum absolute atomic E-state index is 0. The Kier molecular flexibility index (Phi) is 7.72. The van der Waals surface area contributed by atoms with E-state index in [1.807, 2.05) is 6.07 Å². The molecule has 0 saturated carbocycles. The van der Waals surface area contributed by atoms with Crippen LogP contribution < -0.4 is 10.2 Å². The number of nitrogens with zero attached hydrogens (tertiary/aromatic N) is 6. The third-order valence-electron chi connectivity index (χ3n) is 4.25. The van der Waals surface area contributed by atoms with Crippen molar-refractivity contribution in [3.8, 4) is 6.07 Å². The number of guanidine groups is 1. The summed E-state index contributed by atoms with van der Waals surface area (Å²) in [4.78, 5) is 17.1. The minimum Gasteiger partial charge on any atom is -0.352 e. The monoisotopic (exact) mass is 481 g/mol. The van der Waals surface area contributed by atoms with E-state index in [2.05, 4.69) is 30.1 Å². The summed E-state index contributed by atoms with van der Waals surface area (Å²) in [7, 11) is 1.71. The van der Waals surface area contributed by atoms with Gasteiger partial charge in [-0.15, -0.1) is 24.0 Å². The van der Waals surface area contributed by atoms with Crippen LogP contribution in [0.15, 0.2) is 41.7 Å². The summed E-state index contributed by atoms with van der Waals surface area (Å²) >= 11 is 0. The quantitative estimate of drug-likeness (QED) is 0.411. The average molecular weight is 481 g/mol. The fourth-order valence-corrected chi connectivity index (χ4v) is 2.84. The lowest BCUT2D eigenvalue weighted by atomic mass is 10.1. The van der Waals surface area contributed by atoms with Gasteiger partial charge in [0.2, 0.25) is 5.95 Å². The molecule has 0 bridgehead atoms. The van der Waals surface area contributed by atoms with Crippen LogP contribution in [-0.4, -0.2) is 54.1 Å². The Morgan fingerprint density at radius 3 is 2.56 bits per heavy atom. The van der Waals surface area contributed by atoms with Crippen molar-refractivity contribution in [2.24, 2.45) is 4.99 Å². The molecule has 7 nitrogen and oxygen atoms in total. The Morgan fingerprint density at radius 2 is 1.96 bits per heavy atom. The summed E-state index contributed by atoms with van der Waals surface area (Å²) < 4.78 is 14.0. The van der Waals surface area contributed by atoms with Crippen LogP contribution in [0.4, 0.5) is 10.3 Å². The van der Waals surface area contributed by atoms with Gasteiger partial charge in [-0.1, -0.05) is 6.07 Å². The number of hydrogen-bond acceptors (Lipinski definition) is 5. The van der Waals surface area contributed by atoms with Crippen molar-refractivity contribution in [2.75, 3.05) is 38.1 Å². The van der Waals surface area contributed by atoms with E-state index in [-0.39, 0.29) is 24.0 Å². The summed E-state index contributed by atoms with van der Waals surface area (Å²) in [6.45, 7) is 3.43. The van der Waals surface area contributed by atoms with E-state index in [9.17, 15) is 4.39 Å². The summed E-state index contributed by atoms with van der Waals surface area (Å²) in [5.41, 5.74) is 0.816. The number of aliphatic imine (C=N–C) groups is 1. The van der Waals surface area contributed by atoms with Gasteiger partial charge in [0, 0.05) is 57.7 Å². The van der Waals surface area contributed by atoms with E-state index < -0.39 is 5.82 Å². The topological polar surface area (TPSA) is 80.4 Å². The molecule has 142 valence electrons. The Hall–Kier alpha value is -2.48. The predicted molar refractivity (Wildman–Crippen MR) is 113 cm³/mol. The SMILES string of the molecule is CN=C(NCc1ccc(C#N)cc1F)N1CCN(c2ncccn2)CC1.I. The van der Waals surface area contributed by atoms with Crippen LogP contribution in [0.5, 0.6) is 0 Å². The van der Waals surface area contributed by atoms with E-state index in [1.54, 1.807) is 37.6 Å². The first kappa shape index (κ1) is 20.8. The summed E-state index contributed by atoms with van der Waals surface area (Å²) in [6.07, 6.45) is 3.47. The average Bonchev–Trinajstić information content (AvgIpc) is 2.70. The third-order valence-corrected chi connectivity index (χ3v) is 4.25. The maximum atomic E-state index is 14.0. The molecule has 1 aliphatic rings. The van der Waals surface area contributed by atoms with E-state index in [0.717, 1.165) is 38.1 Å². The van der Waals surface area contributed by atoms with Crippen molar-refractivity contribution in [2.45, 2.75) is 6.54 Å². The number of aromatic nitrogens is 2. The molecule has 0 amide bonds. The standard InChI is InChI=1S/C18H20FN7.HI/c1-21-17(24-13-15-4-3-14(12-20)11-16(15)19)25-7-9-26(10-8-25)18-22-5-2-6-23-18;/h2-6,11H,7-10,13H2,1H3,(H,21,24);1H. The number of anilines is 1. The maximum absolute atomic E-state index is 14.0. The van der Waals surface area contributed by atoms with Gasteiger partial charge in [0.1, 0.15) is 5.82 Å². The van der Waals surface area contributed by atoms with Crippen LogP contribution in [0.25, 0.3) is 0 Å². The summed E-state index contributed by atoms with van der Waals surface area (Å²) in [5.74, 6) is 1.06.